The van der Waals surface area contributed by atoms with Crippen LogP contribution in [0.5, 0.6) is 0 Å². The van der Waals surface area contributed by atoms with E-state index in [1.165, 1.54) is 18.2 Å². The van der Waals surface area contributed by atoms with Gasteiger partial charge in [0.05, 0.1) is 10.6 Å². The molecular weight excluding hydrogens is 443 g/mol. The summed E-state index contributed by atoms with van der Waals surface area (Å²) in [5, 5.41) is 0.554. The van der Waals surface area contributed by atoms with Crippen LogP contribution in [-0.2, 0) is 20.2 Å². The molecule has 0 amide bonds. The fraction of sp³-hybridized carbons (Fsp3) is 0.0667. The van der Waals surface area contributed by atoms with Gasteiger partial charge in [-0.2, -0.15) is 21.2 Å². The Morgan fingerprint density at radius 1 is 1.03 bits per heavy atom. The number of hydrogen-bond acceptors (Lipinski definition) is 10. The lowest BCUT2D eigenvalue weighted by atomic mass is 10.1. The van der Waals surface area contributed by atoms with Crippen molar-refractivity contribution in [2.24, 2.45) is 21.7 Å². The largest absolute Gasteiger partial charge is 0.323 e. The molecule has 3 rings (SSSR count). The maximum absolute atomic E-state index is 14.4. The van der Waals surface area contributed by atoms with Gasteiger partial charge >= 0.3 is 0 Å². The van der Waals surface area contributed by atoms with E-state index in [4.69, 9.17) is 11.7 Å². The van der Waals surface area contributed by atoms with E-state index in [0.717, 1.165) is 24.3 Å². The summed E-state index contributed by atoms with van der Waals surface area (Å²) in [6.45, 7) is 0. The molecule has 30 heavy (non-hydrogen) atoms. The zero-order valence-corrected chi connectivity index (χ0v) is 16.5. The van der Waals surface area contributed by atoms with Crippen molar-refractivity contribution in [3.8, 4) is 0 Å². The van der Waals surface area contributed by atoms with Gasteiger partial charge in [0.1, 0.15) is 4.90 Å². The van der Waals surface area contributed by atoms with E-state index in [9.17, 15) is 30.3 Å². The van der Waals surface area contributed by atoms with Crippen LogP contribution in [0.25, 0.3) is 0 Å². The fourth-order valence-electron chi connectivity index (χ4n) is 2.61. The molecule has 0 radical (unpaired) electrons. The van der Waals surface area contributed by atoms with Crippen molar-refractivity contribution < 1.29 is 30.3 Å². The maximum Gasteiger partial charge on any atom is 0.296 e. The average Bonchev–Trinajstić information content (AvgIpc) is 2.68. The van der Waals surface area contributed by atoms with Crippen LogP contribution in [0.4, 0.5) is 10.1 Å². The summed E-state index contributed by atoms with van der Waals surface area (Å²) in [5.41, 5.74) is 2.08. The van der Waals surface area contributed by atoms with Crippen LogP contribution in [0, 0.1) is 0 Å². The van der Waals surface area contributed by atoms with Crippen LogP contribution in [0.2, 0.25) is 0 Å². The predicted molar refractivity (Wildman–Crippen MR) is 104 cm³/mol. The van der Waals surface area contributed by atoms with Gasteiger partial charge in [0.15, 0.2) is 11.7 Å². The summed E-state index contributed by atoms with van der Waals surface area (Å²) in [6.07, 6.45) is -2.11. The first-order valence-electron chi connectivity index (χ1n) is 7.93. The molecule has 1 aliphatic rings. The topological polar surface area (TPSA) is 201 Å². The Kier molecular flexibility index (Phi) is 5.59. The molecular formula is C15H15FN6O6S2. The third-order valence-corrected chi connectivity index (χ3v) is 5.74. The Morgan fingerprint density at radius 3 is 2.33 bits per heavy atom. The van der Waals surface area contributed by atoms with E-state index < -0.39 is 36.4 Å². The Bertz CT molecular complexity index is 1280. The minimum atomic E-state index is -4.60. The number of nitrogens with two attached hydrogens (primary N) is 2. The van der Waals surface area contributed by atoms with Gasteiger partial charge in [0, 0.05) is 11.1 Å². The van der Waals surface area contributed by atoms with E-state index in [-0.39, 0.29) is 28.5 Å². The average molecular weight is 458 g/mol. The SMILES string of the molecule is NNc1cc(C2=NC(c3cccc(S(=O)(=O)O)c3)=NC(F)N2N)ccc1S(=O)(=O)O. The maximum atomic E-state index is 14.4. The number of hydrogen-bond donors (Lipinski definition) is 5. The van der Waals surface area contributed by atoms with E-state index in [0.29, 0.717) is 5.01 Å². The highest BCUT2D eigenvalue weighted by atomic mass is 32.2. The number of aliphatic imine (C=N–C) groups is 2. The lowest BCUT2D eigenvalue weighted by Crippen LogP contribution is -2.46. The number of hydrazine groups is 2. The molecule has 1 heterocycles. The molecule has 0 spiro atoms. The van der Waals surface area contributed by atoms with E-state index in [2.05, 4.69) is 15.4 Å². The number of nitrogens with zero attached hydrogens (tertiary/aromatic N) is 3. The predicted octanol–water partition coefficient (Wildman–Crippen LogP) is 0.101. The van der Waals surface area contributed by atoms with E-state index >= 15 is 0 Å². The van der Waals surface area contributed by atoms with Crippen molar-refractivity contribution in [2.75, 3.05) is 5.43 Å². The van der Waals surface area contributed by atoms with Crippen LogP contribution < -0.4 is 17.1 Å². The highest BCUT2D eigenvalue weighted by molar-refractivity contribution is 7.86. The first-order valence-corrected chi connectivity index (χ1v) is 10.8. The molecule has 15 heteroatoms. The van der Waals surface area contributed by atoms with Crippen LogP contribution in [0.15, 0.2) is 62.2 Å². The molecule has 1 aliphatic heterocycles. The van der Waals surface area contributed by atoms with Gasteiger partial charge < -0.3 is 5.43 Å². The zero-order valence-electron chi connectivity index (χ0n) is 14.8. The number of halogens is 1. The normalized spacial score (nSPS) is 17.4. The molecule has 0 aliphatic carbocycles. The Balaban J connectivity index is 2.12. The van der Waals surface area contributed by atoms with Gasteiger partial charge in [-0.05, 0) is 30.3 Å². The van der Waals surface area contributed by atoms with Gasteiger partial charge in [-0.3, -0.25) is 14.9 Å². The fourth-order valence-corrected chi connectivity index (χ4v) is 3.77. The van der Waals surface area contributed by atoms with E-state index in [1.54, 1.807) is 0 Å². The van der Waals surface area contributed by atoms with Crippen LogP contribution in [0.3, 0.4) is 0 Å². The third-order valence-electron chi connectivity index (χ3n) is 3.98. The van der Waals surface area contributed by atoms with Crippen LogP contribution in [-0.4, -0.2) is 49.0 Å². The molecule has 2 aromatic carbocycles. The number of anilines is 1. The minimum absolute atomic E-state index is 0.0742. The van der Waals surface area contributed by atoms with E-state index in [1.807, 2.05) is 0 Å². The summed E-state index contributed by atoms with van der Waals surface area (Å²) >= 11 is 0. The summed E-state index contributed by atoms with van der Waals surface area (Å²) in [6, 6.07) is 8.23. The molecule has 2 aromatic rings. The molecule has 7 N–H and O–H groups in total. The molecule has 0 bridgehead atoms. The second kappa shape index (κ2) is 7.71. The monoisotopic (exact) mass is 458 g/mol. The molecule has 0 fully saturated rings. The van der Waals surface area contributed by atoms with Crippen molar-refractivity contribution >= 4 is 37.6 Å². The first-order chi connectivity index (χ1) is 13.9. The Morgan fingerprint density at radius 2 is 1.73 bits per heavy atom. The molecule has 0 aromatic heterocycles. The zero-order chi connectivity index (χ0) is 22.3. The molecule has 0 saturated carbocycles. The van der Waals surface area contributed by atoms with Crippen molar-refractivity contribution in [1.29, 1.82) is 0 Å². The van der Waals surface area contributed by atoms with Gasteiger partial charge in [-0.15, -0.1) is 0 Å². The number of benzene rings is 2. The number of alkyl halides is 1. The smallest absolute Gasteiger partial charge is 0.296 e. The molecule has 1 unspecified atom stereocenters. The molecule has 1 atom stereocenters. The highest BCUT2D eigenvalue weighted by Crippen LogP contribution is 2.25. The molecule has 12 nitrogen and oxygen atoms in total. The molecule has 0 saturated heterocycles. The minimum Gasteiger partial charge on any atom is -0.323 e. The summed E-state index contributed by atoms with van der Waals surface area (Å²) in [7, 11) is -9.11. The number of amidine groups is 2. The number of nitrogens with one attached hydrogen (secondary N) is 1. The summed E-state index contributed by atoms with van der Waals surface area (Å²) in [4.78, 5) is 6.78. The van der Waals surface area contributed by atoms with Crippen molar-refractivity contribution in [3.05, 3.63) is 53.6 Å². The molecule has 160 valence electrons. The lowest BCUT2D eigenvalue weighted by Gasteiger charge is -2.26. The van der Waals surface area contributed by atoms with Gasteiger partial charge in [-0.25, -0.2) is 20.8 Å². The summed E-state index contributed by atoms with van der Waals surface area (Å²) < 4.78 is 78.4. The van der Waals surface area contributed by atoms with Gasteiger partial charge in [0.2, 0.25) is 0 Å². The van der Waals surface area contributed by atoms with Crippen LogP contribution >= 0.6 is 0 Å². The first kappa shape index (κ1) is 21.8. The second-order valence-electron chi connectivity index (χ2n) is 5.94. The number of nitrogen functional groups attached to an aromatic ring is 1. The van der Waals surface area contributed by atoms with Crippen LogP contribution in [0.1, 0.15) is 11.1 Å². The standard InChI is InChI=1S/C15H15FN6O6S2/c16-15-20-13(8-2-1-3-10(6-8)29(23,24)25)19-14(22(15)18)9-4-5-12(30(26,27)28)11(7-9)21-17/h1-7,15,21H,17-18H2,(H,23,24,25)(H,26,27,28). The van der Waals surface area contributed by atoms with Gasteiger partial charge in [-0.1, -0.05) is 12.1 Å². The van der Waals surface area contributed by atoms with Crippen molar-refractivity contribution in [3.63, 3.8) is 0 Å². The highest BCUT2D eigenvalue weighted by Gasteiger charge is 2.27. The van der Waals surface area contributed by atoms with Crippen molar-refractivity contribution in [2.45, 2.75) is 16.2 Å². The Labute approximate surface area is 170 Å². The Hall–Kier alpha value is -2.95. The third kappa shape index (κ3) is 4.30. The van der Waals surface area contributed by atoms with Gasteiger partial charge in [0.25, 0.3) is 26.7 Å². The van der Waals surface area contributed by atoms with Crippen molar-refractivity contribution in [1.82, 2.24) is 5.01 Å². The quantitative estimate of drug-likeness (QED) is 0.177. The summed E-state index contributed by atoms with van der Waals surface area (Å²) in [5.74, 6) is 10.5. The number of rotatable bonds is 5. The second-order valence-corrected chi connectivity index (χ2v) is 8.75. The lowest BCUT2D eigenvalue weighted by molar-refractivity contribution is 0.162.